The molecule has 0 saturated carbocycles. The molecule has 0 heterocycles. The zero-order valence-electron chi connectivity index (χ0n) is 8.96. The molecular weight excluding hydrogens is 230 g/mol. The first-order valence-electron chi connectivity index (χ1n) is 4.38. The van der Waals surface area contributed by atoms with Gasteiger partial charge in [-0.3, -0.25) is 0 Å². The number of carbonyl (C=O) groups is 2. The molecule has 94 valence electrons. The second-order valence-corrected chi connectivity index (χ2v) is 2.81. The van der Waals surface area contributed by atoms with Gasteiger partial charge in [0, 0.05) is 0 Å². The zero-order chi connectivity index (χ0) is 12.0. The fourth-order valence-corrected chi connectivity index (χ4v) is 0.968. The maximum absolute atomic E-state index is 10.3. The molecule has 0 aromatic heterocycles. The van der Waals surface area contributed by atoms with Gasteiger partial charge in [0.05, 0.1) is 0 Å². The zero-order valence-corrected chi connectivity index (χ0v) is 8.96. The lowest BCUT2D eigenvalue weighted by atomic mass is 10.3. The normalized spacial score (nSPS) is 8.94. The molecule has 0 aliphatic carbocycles. The third-order valence-corrected chi connectivity index (χ3v) is 1.55. The van der Waals surface area contributed by atoms with Gasteiger partial charge < -0.3 is 25.8 Å². The van der Waals surface area contributed by atoms with Gasteiger partial charge in [0.25, 0.3) is 0 Å². The molecule has 0 spiro atoms. The van der Waals surface area contributed by atoms with E-state index < -0.39 is 25.2 Å². The lowest BCUT2D eigenvalue weighted by molar-refractivity contribution is -0.140. The van der Waals surface area contributed by atoms with Gasteiger partial charge in [-0.25, -0.2) is 9.59 Å². The number of carboxylic acid groups (broad SMARTS) is 2. The molecule has 1 aromatic rings. The predicted molar refractivity (Wildman–Crippen MR) is 57.7 cm³/mol. The summed E-state index contributed by atoms with van der Waals surface area (Å²) in [6.45, 7) is -1.01. The second kappa shape index (κ2) is 7.07. The molecule has 1 aromatic carbocycles. The first-order valence-corrected chi connectivity index (χ1v) is 4.38. The summed E-state index contributed by atoms with van der Waals surface area (Å²) in [7, 11) is 0. The second-order valence-electron chi connectivity index (χ2n) is 2.81. The predicted octanol–water partition coefficient (Wildman–Crippen LogP) is 0.775. The Balaban J connectivity index is 0.00000256. The molecule has 0 unspecified atom stereocenters. The first-order chi connectivity index (χ1) is 7.59. The molecule has 0 atom stereocenters. The third kappa shape index (κ3) is 5.38. The summed E-state index contributed by atoms with van der Waals surface area (Å²) >= 11 is 0. The fourth-order valence-electron chi connectivity index (χ4n) is 0.968. The fraction of sp³-hybridized carbons (Fsp3) is 0.200. The van der Waals surface area contributed by atoms with Crippen LogP contribution in [-0.2, 0) is 9.59 Å². The number of hydrogen-bond acceptors (Lipinski definition) is 5. The summed E-state index contributed by atoms with van der Waals surface area (Å²) in [5.74, 6) is -1.83. The summed E-state index contributed by atoms with van der Waals surface area (Å²) in [5.41, 5.74) is 0. The van der Waals surface area contributed by atoms with Crippen molar-refractivity contribution in [3.63, 3.8) is 0 Å². The van der Waals surface area contributed by atoms with E-state index in [0.717, 1.165) is 0 Å². The maximum Gasteiger partial charge on any atom is 0.341 e. The Morgan fingerprint density at radius 1 is 0.941 bits per heavy atom. The van der Waals surface area contributed by atoms with Crippen molar-refractivity contribution in [2.45, 2.75) is 0 Å². The van der Waals surface area contributed by atoms with E-state index in [1.54, 1.807) is 12.1 Å². The van der Waals surface area contributed by atoms with Crippen molar-refractivity contribution >= 4 is 11.9 Å². The van der Waals surface area contributed by atoms with Crippen molar-refractivity contribution in [3.05, 3.63) is 24.3 Å². The summed E-state index contributed by atoms with van der Waals surface area (Å²) < 4.78 is 9.83. The highest BCUT2D eigenvalue weighted by Gasteiger charge is 2.07. The Bertz CT molecular complexity index is 355. The third-order valence-electron chi connectivity index (χ3n) is 1.55. The van der Waals surface area contributed by atoms with E-state index in [2.05, 4.69) is 0 Å². The molecule has 0 aliphatic rings. The van der Waals surface area contributed by atoms with Crippen molar-refractivity contribution in [2.24, 2.45) is 0 Å². The van der Waals surface area contributed by atoms with Gasteiger partial charge in [0.2, 0.25) is 0 Å². The lowest BCUT2D eigenvalue weighted by Gasteiger charge is -2.09. The van der Waals surface area contributed by atoms with Crippen LogP contribution in [0.3, 0.4) is 0 Å². The van der Waals surface area contributed by atoms with Gasteiger partial charge in [0.15, 0.2) is 24.7 Å². The molecule has 1 rings (SSSR count). The van der Waals surface area contributed by atoms with Crippen LogP contribution in [-0.4, -0.2) is 35.4 Å². The molecular formula is C10H13NO6. The van der Waals surface area contributed by atoms with Crippen molar-refractivity contribution < 1.29 is 29.3 Å². The number of hydrogen-bond donors (Lipinski definition) is 3. The van der Waals surface area contributed by atoms with Gasteiger partial charge >= 0.3 is 11.9 Å². The molecule has 17 heavy (non-hydrogen) atoms. The lowest BCUT2D eigenvalue weighted by Crippen LogP contribution is -2.12. The monoisotopic (exact) mass is 243 g/mol. The van der Waals surface area contributed by atoms with Gasteiger partial charge in [-0.2, -0.15) is 0 Å². The molecule has 0 amide bonds. The largest absolute Gasteiger partial charge is 0.479 e. The summed E-state index contributed by atoms with van der Waals surface area (Å²) in [6, 6.07) is 6.26. The maximum atomic E-state index is 10.3. The minimum Gasteiger partial charge on any atom is -0.479 e. The van der Waals surface area contributed by atoms with E-state index >= 15 is 0 Å². The molecule has 0 aliphatic heterocycles. The van der Waals surface area contributed by atoms with Gasteiger partial charge in [-0.05, 0) is 12.1 Å². The van der Waals surface area contributed by atoms with Crippen molar-refractivity contribution in [2.75, 3.05) is 13.2 Å². The van der Waals surface area contributed by atoms with E-state index in [1.807, 2.05) is 0 Å². The van der Waals surface area contributed by atoms with E-state index in [9.17, 15) is 9.59 Å². The van der Waals surface area contributed by atoms with Crippen LogP contribution >= 0.6 is 0 Å². The average Bonchev–Trinajstić information content (AvgIpc) is 2.24. The molecule has 0 saturated heterocycles. The van der Waals surface area contributed by atoms with Crippen molar-refractivity contribution in [1.82, 2.24) is 6.15 Å². The quantitative estimate of drug-likeness (QED) is 0.673. The summed E-state index contributed by atoms with van der Waals surface area (Å²) in [6.07, 6.45) is 0. The van der Waals surface area contributed by atoms with Crippen LogP contribution in [0, 0.1) is 0 Å². The van der Waals surface area contributed by atoms with E-state index in [4.69, 9.17) is 19.7 Å². The van der Waals surface area contributed by atoms with Crippen LogP contribution in [0.15, 0.2) is 24.3 Å². The van der Waals surface area contributed by atoms with Crippen molar-refractivity contribution in [1.29, 1.82) is 0 Å². The smallest absolute Gasteiger partial charge is 0.341 e. The number of aliphatic carboxylic acids is 2. The highest BCUT2D eigenvalue weighted by molar-refractivity contribution is 5.69. The number of para-hydroxylation sites is 2. The Kier molecular flexibility index (Phi) is 6.12. The molecule has 5 N–H and O–H groups in total. The molecule has 0 radical (unpaired) electrons. The summed E-state index contributed by atoms with van der Waals surface area (Å²) in [5, 5.41) is 16.8. The number of ether oxygens (including phenoxy) is 2. The SMILES string of the molecule is N.O=C(O)COc1ccccc1OCC(=O)O. The van der Waals surface area contributed by atoms with E-state index in [-0.39, 0.29) is 17.6 Å². The average molecular weight is 243 g/mol. The van der Waals surface area contributed by atoms with Gasteiger partial charge in [-0.1, -0.05) is 12.1 Å². The van der Waals surface area contributed by atoms with Crippen LogP contribution in [0.2, 0.25) is 0 Å². The van der Waals surface area contributed by atoms with E-state index in [0.29, 0.717) is 0 Å². The Labute approximate surface area is 97.2 Å². The topological polar surface area (TPSA) is 128 Å². The first kappa shape index (κ1) is 14.7. The van der Waals surface area contributed by atoms with E-state index in [1.165, 1.54) is 12.1 Å². The Hall–Kier alpha value is -2.28. The highest BCUT2D eigenvalue weighted by Crippen LogP contribution is 2.26. The van der Waals surface area contributed by atoms with Crippen LogP contribution in [0.25, 0.3) is 0 Å². The van der Waals surface area contributed by atoms with Crippen molar-refractivity contribution in [3.8, 4) is 11.5 Å². The molecule has 7 heteroatoms. The van der Waals surface area contributed by atoms with Crippen LogP contribution in [0.5, 0.6) is 11.5 Å². The van der Waals surface area contributed by atoms with Crippen LogP contribution < -0.4 is 15.6 Å². The molecule has 0 bridgehead atoms. The summed E-state index contributed by atoms with van der Waals surface area (Å²) in [4.78, 5) is 20.6. The number of benzene rings is 1. The minimum atomic E-state index is -1.12. The van der Waals surface area contributed by atoms with Crippen LogP contribution in [0.1, 0.15) is 0 Å². The van der Waals surface area contributed by atoms with Gasteiger partial charge in [0.1, 0.15) is 0 Å². The Morgan fingerprint density at radius 3 is 1.59 bits per heavy atom. The minimum absolute atomic E-state index is 0. The standard InChI is InChI=1S/C10H10O6.H3N/c11-9(12)5-15-7-3-1-2-4-8(7)16-6-10(13)14;/h1-4H,5-6H2,(H,11,12)(H,13,14);1H3. The van der Waals surface area contributed by atoms with Gasteiger partial charge in [-0.15, -0.1) is 0 Å². The Morgan fingerprint density at radius 2 is 1.29 bits per heavy atom. The highest BCUT2D eigenvalue weighted by atomic mass is 16.5. The number of carboxylic acids is 2. The number of rotatable bonds is 6. The van der Waals surface area contributed by atoms with Crippen LogP contribution in [0.4, 0.5) is 0 Å². The molecule has 0 fully saturated rings. The molecule has 7 nitrogen and oxygen atoms in total.